The molecule has 1 aliphatic heterocycles. The summed E-state index contributed by atoms with van der Waals surface area (Å²) in [4.78, 5) is 0. The van der Waals surface area contributed by atoms with E-state index < -0.39 is 0 Å². The first-order valence-corrected chi connectivity index (χ1v) is 5.90. The Morgan fingerprint density at radius 2 is 2.00 bits per heavy atom. The predicted molar refractivity (Wildman–Crippen MR) is 58.5 cm³/mol. The number of halogens is 1. The molecule has 0 N–H and O–H groups in total. The van der Waals surface area contributed by atoms with E-state index in [9.17, 15) is 0 Å². The second-order valence-corrected chi connectivity index (χ2v) is 5.20. The molecule has 0 unspecified atom stereocenters. The van der Waals surface area contributed by atoms with Gasteiger partial charge in [-0.05, 0) is 45.1 Å². The summed E-state index contributed by atoms with van der Waals surface area (Å²) in [5.41, 5.74) is 0.160. The van der Waals surface area contributed by atoms with Crippen LogP contribution in [0.1, 0.15) is 38.5 Å². The molecule has 0 atom stereocenters. The third kappa shape index (κ3) is 1.84. The molecular weight excluding hydrogens is 263 g/mol. The molecule has 0 amide bonds. The van der Waals surface area contributed by atoms with Crippen molar-refractivity contribution >= 4 is 22.6 Å². The molecule has 1 spiro atoms. The maximum atomic E-state index is 5.90. The Morgan fingerprint density at radius 3 is 2.67 bits per heavy atom. The SMILES string of the molecule is IC1=CC2(CCCCC2)OCC1. The van der Waals surface area contributed by atoms with Crippen LogP contribution in [0.4, 0.5) is 0 Å². The fraction of sp³-hybridized carbons (Fsp3) is 0.800. The second-order valence-electron chi connectivity index (χ2n) is 3.82. The zero-order valence-corrected chi connectivity index (χ0v) is 9.47. The maximum Gasteiger partial charge on any atom is 0.0872 e. The Labute approximate surface area is 87.7 Å². The van der Waals surface area contributed by atoms with Crippen LogP contribution in [0.5, 0.6) is 0 Å². The minimum absolute atomic E-state index is 0.160. The summed E-state index contributed by atoms with van der Waals surface area (Å²) >= 11 is 2.45. The molecule has 68 valence electrons. The molecule has 0 aromatic carbocycles. The highest BCUT2D eigenvalue weighted by molar-refractivity contribution is 14.1. The van der Waals surface area contributed by atoms with Gasteiger partial charge in [-0.1, -0.05) is 19.3 Å². The molecule has 2 rings (SSSR count). The lowest BCUT2D eigenvalue weighted by Gasteiger charge is -2.37. The van der Waals surface area contributed by atoms with Crippen molar-refractivity contribution in [2.24, 2.45) is 0 Å². The van der Waals surface area contributed by atoms with Crippen LogP contribution in [0, 0.1) is 0 Å². The van der Waals surface area contributed by atoms with Crippen molar-refractivity contribution in [2.45, 2.75) is 44.1 Å². The Balaban J connectivity index is 2.12. The molecule has 0 bridgehead atoms. The molecule has 1 heterocycles. The van der Waals surface area contributed by atoms with Crippen molar-refractivity contribution < 1.29 is 4.74 Å². The van der Waals surface area contributed by atoms with E-state index in [1.165, 1.54) is 35.7 Å². The fourth-order valence-corrected chi connectivity index (χ4v) is 2.98. The molecule has 0 aromatic heterocycles. The van der Waals surface area contributed by atoms with Crippen LogP contribution in [0.3, 0.4) is 0 Å². The second kappa shape index (κ2) is 3.66. The van der Waals surface area contributed by atoms with E-state index in [2.05, 4.69) is 28.7 Å². The van der Waals surface area contributed by atoms with Gasteiger partial charge in [0, 0.05) is 6.42 Å². The monoisotopic (exact) mass is 278 g/mol. The first-order valence-electron chi connectivity index (χ1n) is 4.82. The summed E-state index contributed by atoms with van der Waals surface area (Å²) in [6.07, 6.45) is 10.1. The molecule has 1 nitrogen and oxygen atoms in total. The van der Waals surface area contributed by atoms with Gasteiger partial charge in [0.15, 0.2) is 0 Å². The standard InChI is InChI=1S/C10H15IO/c11-9-4-7-12-10(8-9)5-2-1-3-6-10/h8H,1-7H2. The Hall–Kier alpha value is 0.430. The average Bonchev–Trinajstić information content (AvgIpc) is 2.05. The van der Waals surface area contributed by atoms with Crippen LogP contribution in [0.15, 0.2) is 9.66 Å². The third-order valence-electron chi connectivity index (χ3n) is 2.85. The van der Waals surface area contributed by atoms with Gasteiger partial charge in [0.1, 0.15) is 0 Å². The Morgan fingerprint density at radius 1 is 1.25 bits per heavy atom. The normalized spacial score (nSPS) is 28.6. The van der Waals surface area contributed by atoms with Gasteiger partial charge < -0.3 is 4.74 Å². The molecule has 2 aliphatic rings. The maximum absolute atomic E-state index is 5.90. The van der Waals surface area contributed by atoms with Crippen LogP contribution in [0.25, 0.3) is 0 Å². The lowest BCUT2D eigenvalue weighted by Crippen LogP contribution is -2.35. The Kier molecular flexibility index (Phi) is 2.75. The first kappa shape index (κ1) is 9.00. The summed E-state index contributed by atoms with van der Waals surface area (Å²) in [7, 11) is 0. The van der Waals surface area contributed by atoms with Gasteiger partial charge in [0.25, 0.3) is 0 Å². The smallest absolute Gasteiger partial charge is 0.0872 e. The van der Waals surface area contributed by atoms with E-state index in [4.69, 9.17) is 4.74 Å². The van der Waals surface area contributed by atoms with Crippen LogP contribution < -0.4 is 0 Å². The van der Waals surface area contributed by atoms with Gasteiger partial charge in [-0.3, -0.25) is 0 Å². The van der Waals surface area contributed by atoms with Crippen LogP contribution >= 0.6 is 22.6 Å². The number of ether oxygens (including phenoxy) is 1. The molecule has 2 heteroatoms. The summed E-state index contributed by atoms with van der Waals surface area (Å²) in [5.74, 6) is 0. The zero-order chi connectivity index (χ0) is 8.44. The average molecular weight is 278 g/mol. The van der Waals surface area contributed by atoms with Crippen molar-refractivity contribution in [2.75, 3.05) is 6.61 Å². The molecule has 0 saturated heterocycles. The first-order chi connectivity index (χ1) is 5.81. The molecule has 1 saturated carbocycles. The van der Waals surface area contributed by atoms with Crippen LogP contribution in [-0.2, 0) is 4.74 Å². The molecule has 1 fully saturated rings. The number of hydrogen-bond acceptors (Lipinski definition) is 1. The predicted octanol–water partition coefficient (Wildman–Crippen LogP) is 3.43. The number of hydrogen-bond donors (Lipinski definition) is 0. The van der Waals surface area contributed by atoms with Gasteiger partial charge in [-0.2, -0.15) is 0 Å². The van der Waals surface area contributed by atoms with Crippen LogP contribution in [-0.4, -0.2) is 12.2 Å². The summed E-state index contributed by atoms with van der Waals surface area (Å²) in [6, 6.07) is 0. The lowest BCUT2D eigenvalue weighted by molar-refractivity contribution is -0.0390. The van der Waals surface area contributed by atoms with E-state index >= 15 is 0 Å². The molecule has 1 aliphatic carbocycles. The van der Waals surface area contributed by atoms with Gasteiger partial charge in [0.2, 0.25) is 0 Å². The van der Waals surface area contributed by atoms with E-state index in [0.717, 1.165) is 13.0 Å². The molecule has 12 heavy (non-hydrogen) atoms. The van der Waals surface area contributed by atoms with Gasteiger partial charge in [0.05, 0.1) is 12.2 Å². The minimum Gasteiger partial charge on any atom is -0.371 e. The molecule has 0 aromatic rings. The largest absolute Gasteiger partial charge is 0.371 e. The fourth-order valence-electron chi connectivity index (χ4n) is 2.19. The van der Waals surface area contributed by atoms with E-state index in [0.29, 0.717) is 0 Å². The molecule has 0 radical (unpaired) electrons. The van der Waals surface area contributed by atoms with Gasteiger partial charge >= 0.3 is 0 Å². The lowest BCUT2D eigenvalue weighted by atomic mass is 9.83. The van der Waals surface area contributed by atoms with Crippen molar-refractivity contribution in [3.05, 3.63) is 9.66 Å². The van der Waals surface area contributed by atoms with Crippen molar-refractivity contribution in [3.63, 3.8) is 0 Å². The van der Waals surface area contributed by atoms with E-state index in [1.807, 2.05) is 0 Å². The third-order valence-corrected chi connectivity index (χ3v) is 3.70. The van der Waals surface area contributed by atoms with Crippen molar-refractivity contribution in [1.82, 2.24) is 0 Å². The highest BCUT2D eigenvalue weighted by Gasteiger charge is 2.32. The highest BCUT2D eigenvalue weighted by Crippen LogP contribution is 2.37. The topological polar surface area (TPSA) is 9.23 Å². The van der Waals surface area contributed by atoms with Gasteiger partial charge in [-0.15, -0.1) is 0 Å². The number of rotatable bonds is 0. The summed E-state index contributed by atoms with van der Waals surface area (Å²) in [6.45, 7) is 0.939. The minimum atomic E-state index is 0.160. The summed E-state index contributed by atoms with van der Waals surface area (Å²) in [5, 5.41) is 0. The Bertz CT molecular complexity index is 192. The van der Waals surface area contributed by atoms with E-state index in [1.54, 1.807) is 0 Å². The quantitative estimate of drug-likeness (QED) is 0.617. The zero-order valence-electron chi connectivity index (χ0n) is 7.31. The van der Waals surface area contributed by atoms with Gasteiger partial charge in [-0.25, -0.2) is 0 Å². The highest BCUT2D eigenvalue weighted by atomic mass is 127. The van der Waals surface area contributed by atoms with Crippen LogP contribution in [0.2, 0.25) is 0 Å². The van der Waals surface area contributed by atoms with Crippen molar-refractivity contribution in [1.29, 1.82) is 0 Å². The van der Waals surface area contributed by atoms with E-state index in [-0.39, 0.29) is 5.60 Å². The van der Waals surface area contributed by atoms with Crippen molar-refractivity contribution in [3.8, 4) is 0 Å². The summed E-state index contributed by atoms with van der Waals surface area (Å²) < 4.78 is 7.40. The molecular formula is C10H15IO.